The lowest BCUT2D eigenvalue weighted by Gasteiger charge is -2.34. The molecule has 20 heavy (non-hydrogen) atoms. The van der Waals surface area contributed by atoms with E-state index < -0.39 is 42.3 Å². The Bertz CT molecular complexity index is 391. The maximum atomic E-state index is 11.4. The van der Waals surface area contributed by atoms with Crippen LogP contribution in [0.1, 0.15) is 0 Å². The van der Waals surface area contributed by atoms with Crippen molar-refractivity contribution in [3.05, 3.63) is 11.8 Å². The molecule has 114 valence electrons. The largest absolute Gasteiger partial charge is 0.466 e. The van der Waals surface area contributed by atoms with Crippen LogP contribution in [-0.2, 0) is 28.5 Å². The van der Waals surface area contributed by atoms with Gasteiger partial charge in [-0.3, -0.25) is 0 Å². The molecular weight excluding hydrogens is 276 g/mol. The van der Waals surface area contributed by atoms with Gasteiger partial charge in [-0.15, -0.1) is 0 Å². The van der Waals surface area contributed by atoms with Gasteiger partial charge in [-0.2, -0.15) is 0 Å². The summed E-state index contributed by atoms with van der Waals surface area (Å²) in [7, 11) is 2.16. The number of rotatable bonds is 4. The molecular formula is C11H16O9. The van der Waals surface area contributed by atoms with Crippen molar-refractivity contribution >= 4 is 11.9 Å². The molecule has 1 fully saturated rings. The van der Waals surface area contributed by atoms with E-state index in [1.165, 1.54) is 0 Å². The monoisotopic (exact) mass is 292 g/mol. The smallest absolute Gasteiger partial charge is 0.373 e. The van der Waals surface area contributed by atoms with E-state index in [9.17, 15) is 24.9 Å². The summed E-state index contributed by atoms with van der Waals surface area (Å²) in [5.41, 5.74) is 0. The molecule has 9 heteroatoms. The van der Waals surface area contributed by atoms with E-state index in [0.29, 0.717) is 6.08 Å². The number of aliphatic hydroxyl groups excluding tert-OH is 3. The first-order valence-corrected chi connectivity index (χ1v) is 5.61. The zero-order valence-electron chi connectivity index (χ0n) is 10.9. The second kappa shape index (κ2) is 7.20. The molecule has 0 bridgehead atoms. The van der Waals surface area contributed by atoms with Crippen molar-refractivity contribution in [1.82, 2.24) is 0 Å². The van der Waals surface area contributed by atoms with Crippen molar-refractivity contribution in [3.8, 4) is 0 Å². The van der Waals surface area contributed by atoms with E-state index in [1.54, 1.807) is 0 Å². The van der Waals surface area contributed by atoms with Gasteiger partial charge in [0.05, 0.1) is 26.9 Å². The second-order valence-electron chi connectivity index (χ2n) is 3.89. The molecule has 0 aromatic heterocycles. The van der Waals surface area contributed by atoms with Gasteiger partial charge in [0.2, 0.25) is 12.0 Å². The van der Waals surface area contributed by atoms with Gasteiger partial charge in [0.1, 0.15) is 18.3 Å². The molecule has 0 spiro atoms. The minimum atomic E-state index is -1.61. The number of carbonyl (C=O) groups excluding carboxylic acids is 2. The topological polar surface area (TPSA) is 132 Å². The van der Waals surface area contributed by atoms with Crippen LogP contribution in [0.4, 0.5) is 0 Å². The molecule has 0 aromatic rings. The number of aliphatic hydroxyl groups is 3. The highest BCUT2D eigenvalue weighted by Crippen LogP contribution is 2.19. The highest BCUT2D eigenvalue weighted by Gasteiger charge is 2.40. The third kappa shape index (κ3) is 3.90. The summed E-state index contributed by atoms with van der Waals surface area (Å²) in [6, 6.07) is 0. The van der Waals surface area contributed by atoms with Crippen molar-refractivity contribution < 1.29 is 43.9 Å². The third-order valence-corrected chi connectivity index (χ3v) is 2.53. The number of ether oxygens (including phenoxy) is 4. The van der Waals surface area contributed by atoms with Crippen LogP contribution in [0.3, 0.4) is 0 Å². The molecule has 0 amide bonds. The maximum absolute atomic E-state index is 11.4. The standard InChI is InChI=1S/C11H16O9/c1-17-7(13)3-6(10(16)18-2)20-11-9(15)8(14)5(12)4-19-11/h3,5,8-9,11-12,14-15H,4H2,1-2H3/b6-3+/t5-,8+,9-,11+/m1/s1. The molecule has 3 N–H and O–H groups in total. The van der Waals surface area contributed by atoms with Crippen LogP contribution in [-0.4, -0.2) is 72.7 Å². The molecule has 0 aromatic carbocycles. The first-order chi connectivity index (χ1) is 9.40. The van der Waals surface area contributed by atoms with Crippen LogP contribution in [0.25, 0.3) is 0 Å². The minimum Gasteiger partial charge on any atom is -0.466 e. The van der Waals surface area contributed by atoms with Crippen LogP contribution in [0.5, 0.6) is 0 Å². The van der Waals surface area contributed by atoms with E-state index in [1.807, 2.05) is 0 Å². The molecule has 0 unspecified atom stereocenters. The minimum absolute atomic E-state index is 0.310. The lowest BCUT2D eigenvalue weighted by Crippen LogP contribution is -2.53. The Morgan fingerprint density at radius 1 is 1.15 bits per heavy atom. The molecule has 1 rings (SSSR count). The van der Waals surface area contributed by atoms with Crippen molar-refractivity contribution in [3.63, 3.8) is 0 Å². The first kappa shape index (κ1) is 16.4. The Kier molecular flexibility index (Phi) is 5.89. The number of carbonyl (C=O) groups is 2. The third-order valence-electron chi connectivity index (χ3n) is 2.53. The number of hydrogen-bond acceptors (Lipinski definition) is 9. The number of methoxy groups -OCH3 is 2. The predicted molar refractivity (Wildman–Crippen MR) is 61.0 cm³/mol. The van der Waals surface area contributed by atoms with Gasteiger partial charge in [0, 0.05) is 0 Å². The Labute approximate surface area is 114 Å². The fraction of sp³-hybridized carbons (Fsp3) is 0.636. The fourth-order valence-corrected chi connectivity index (χ4v) is 1.42. The summed E-state index contributed by atoms with van der Waals surface area (Å²) < 4.78 is 18.6. The predicted octanol–water partition coefficient (Wildman–Crippen LogP) is -2.33. The summed E-state index contributed by atoms with van der Waals surface area (Å²) in [5, 5.41) is 28.4. The van der Waals surface area contributed by atoms with Crippen LogP contribution >= 0.6 is 0 Å². The summed E-state index contributed by atoms with van der Waals surface area (Å²) in [6.07, 6.45) is -5.13. The van der Waals surface area contributed by atoms with Crippen LogP contribution < -0.4 is 0 Å². The first-order valence-electron chi connectivity index (χ1n) is 5.61. The Balaban J connectivity index is 2.82. The highest BCUT2D eigenvalue weighted by atomic mass is 16.7. The van der Waals surface area contributed by atoms with Crippen molar-refractivity contribution in [2.24, 2.45) is 0 Å². The van der Waals surface area contributed by atoms with Gasteiger partial charge < -0.3 is 34.3 Å². The molecule has 0 saturated carbocycles. The van der Waals surface area contributed by atoms with Gasteiger partial charge in [-0.25, -0.2) is 9.59 Å². The average molecular weight is 292 g/mol. The molecule has 1 saturated heterocycles. The van der Waals surface area contributed by atoms with Gasteiger partial charge >= 0.3 is 11.9 Å². The quantitative estimate of drug-likeness (QED) is 0.296. The molecule has 1 aliphatic rings. The van der Waals surface area contributed by atoms with Crippen molar-refractivity contribution in [2.45, 2.75) is 24.6 Å². The molecule has 0 aliphatic carbocycles. The summed E-state index contributed by atoms with van der Waals surface area (Å²) in [6.45, 7) is -0.310. The summed E-state index contributed by atoms with van der Waals surface area (Å²) in [4.78, 5) is 22.5. The van der Waals surface area contributed by atoms with E-state index in [4.69, 9.17) is 9.47 Å². The van der Waals surface area contributed by atoms with Crippen LogP contribution in [0.2, 0.25) is 0 Å². The van der Waals surface area contributed by atoms with Crippen molar-refractivity contribution in [1.29, 1.82) is 0 Å². The number of esters is 2. The zero-order chi connectivity index (χ0) is 15.3. The van der Waals surface area contributed by atoms with E-state index in [2.05, 4.69) is 9.47 Å². The van der Waals surface area contributed by atoms with Crippen LogP contribution in [0.15, 0.2) is 11.8 Å². The number of hydrogen-bond donors (Lipinski definition) is 3. The zero-order valence-corrected chi connectivity index (χ0v) is 10.9. The molecule has 1 heterocycles. The van der Waals surface area contributed by atoms with Gasteiger partial charge in [0.25, 0.3) is 0 Å². The molecule has 9 nitrogen and oxygen atoms in total. The Hall–Kier alpha value is -1.68. The molecule has 4 atom stereocenters. The van der Waals surface area contributed by atoms with E-state index in [0.717, 1.165) is 14.2 Å². The normalized spacial score (nSPS) is 30.6. The van der Waals surface area contributed by atoms with Crippen LogP contribution in [0, 0.1) is 0 Å². The van der Waals surface area contributed by atoms with Gasteiger partial charge in [-0.05, 0) is 0 Å². The lowest BCUT2D eigenvalue weighted by molar-refractivity contribution is -0.259. The van der Waals surface area contributed by atoms with Gasteiger partial charge in [-0.1, -0.05) is 0 Å². The molecule has 0 radical (unpaired) electrons. The van der Waals surface area contributed by atoms with E-state index in [-0.39, 0.29) is 6.61 Å². The molecule has 1 aliphatic heterocycles. The summed E-state index contributed by atoms with van der Waals surface area (Å²) in [5.74, 6) is -2.44. The lowest BCUT2D eigenvalue weighted by atomic mass is 10.1. The Morgan fingerprint density at radius 3 is 2.35 bits per heavy atom. The highest BCUT2D eigenvalue weighted by molar-refractivity contribution is 5.94. The fourth-order valence-electron chi connectivity index (χ4n) is 1.42. The Morgan fingerprint density at radius 2 is 1.80 bits per heavy atom. The van der Waals surface area contributed by atoms with E-state index >= 15 is 0 Å². The second-order valence-corrected chi connectivity index (χ2v) is 3.89. The maximum Gasteiger partial charge on any atom is 0.373 e. The SMILES string of the molecule is COC(=O)/C=C(/O[C@@H]1OC[C@@H](O)[C@H](O)[C@H]1O)C(=O)OC. The van der Waals surface area contributed by atoms with Gasteiger partial charge in [0.15, 0.2) is 0 Å². The van der Waals surface area contributed by atoms with Crippen molar-refractivity contribution in [2.75, 3.05) is 20.8 Å². The summed E-state index contributed by atoms with van der Waals surface area (Å²) >= 11 is 0. The average Bonchev–Trinajstić information content (AvgIpc) is 2.45.